The van der Waals surface area contributed by atoms with Crippen molar-refractivity contribution in [3.05, 3.63) is 39.0 Å². The third kappa shape index (κ3) is 2.04. The Labute approximate surface area is 99.2 Å². The molecule has 0 unspecified atom stereocenters. The second-order valence-electron chi connectivity index (χ2n) is 3.01. The van der Waals surface area contributed by atoms with Crippen LogP contribution in [0.25, 0.3) is 0 Å². The van der Waals surface area contributed by atoms with Gasteiger partial charge in [0.15, 0.2) is 0 Å². The zero-order chi connectivity index (χ0) is 10.1. The number of nitrogens with one attached hydrogen (secondary N) is 1. The van der Waals surface area contributed by atoms with E-state index in [2.05, 4.69) is 37.3 Å². The van der Waals surface area contributed by atoms with Crippen molar-refractivity contribution in [3.63, 3.8) is 0 Å². The van der Waals surface area contributed by atoms with Gasteiger partial charge in [-0.05, 0) is 24.3 Å². The lowest BCUT2D eigenvalue weighted by molar-refractivity contribution is 0.797. The van der Waals surface area contributed by atoms with Crippen molar-refractivity contribution >= 4 is 37.5 Å². The number of hydrogen-bond donors (Lipinski definition) is 2. The lowest BCUT2D eigenvalue weighted by atomic mass is 10.3. The Hall–Kier alpha value is -0.680. The highest BCUT2D eigenvalue weighted by molar-refractivity contribution is 9.11. The van der Waals surface area contributed by atoms with Gasteiger partial charge in [-0.3, -0.25) is 10.4 Å². The van der Waals surface area contributed by atoms with E-state index in [9.17, 15) is 0 Å². The van der Waals surface area contributed by atoms with E-state index >= 15 is 0 Å². The van der Waals surface area contributed by atoms with Crippen LogP contribution in [0.3, 0.4) is 0 Å². The van der Waals surface area contributed by atoms with Crippen molar-refractivity contribution < 1.29 is 0 Å². The Balaban J connectivity index is 2.25. The fourth-order valence-electron chi connectivity index (χ4n) is 1.30. The molecule has 0 amide bonds. The summed E-state index contributed by atoms with van der Waals surface area (Å²) in [6.45, 7) is 0.786. The fourth-order valence-corrected chi connectivity index (χ4v) is 2.57. The van der Waals surface area contributed by atoms with Crippen molar-refractivity contribution in [1.82, 2.24) is 5.43 Å². The van der Waals surface area contributed by atoms with Crippen LogP contribution in [0.5, 0.6) is 0 Å². The van der Waals surface area contributed by atoms with Crippen LogP contribution in [0.1, 0.15) is 0 Å². The van der Waals surface area contributed by atoms with Gasteiger partial charge < -0.3 is 5.73 Å². The highest BCUT2D eigenvalue weighted by Crippen LogP contribution is 2.26. The first kappa shape index (κ1) is 9.86. The van der Waals surface area contributed by atoms with E-state index in [0.29, 0.717) is 5.82 Å². The van der Waals surface area contributed by atoms with Crippen molar-refractivity contribution in [2.24, 2.45) is 5.73 Å². The number of halogens is 2. The van der Waals surface area contributed by atoms with E-state index < -0.39 is 0 Å². The summed E-state index contributed by atoms with van der Waals surface area (Å²) in [4.78, 5) is 0. The molecule has 1 aliphatic heterocycles. The van der Waals surface area contributed by atoms with Crippen molar-refractivity contribution in [3.8, 4) is 0 Å². The van der Waals surface area contributed by atoms with E-state index in [4.69, 9.17) is 5.73 Å². The van der Waals surface area contributed by atoms with Gasteiger partial charge in [0, 0.05) is 8.95 Å². The van der Waals surface area contributed by atoms with Gasteiger partial charge in [0.25, 0.3) is 0 Å². The van der Waals surface area contributed by atoms with Gasteiger partial charge >= 0.3 is 0 Å². The molecule has 0 radical (unpaired) electrons. The number of benzene rings is 1. The Morgan fingerprint density at radius 1 is 1.21 bits per heavy atom. The van der Waals surface area contributed by atoms with Crippen molar-refractivity contribution in [2.75, 3.05) is 11.6 Å². The van der Waals surface area contributed by atoms with Crippen LogP contribution < -0.4 is 16.2 Å². The molecule has 3 N–H and O–H groups in total. The van der Waals surface area contributed by atoms with Gasteiger partial charge in [-0.1, -0.05) is 31.9 Å². The number of hydrogen-bond acceptors (Lipinski definition) is 3. The molecule has 3 nitrogen and oxygen atoms in total. The van der Waals surface area contributed by atoms with Crippen molar-refractivity contribution in [2.45, 2.75) is 0 Å². The zero-order valence-corrected chi connectivity index (χ0v) is 10.5. The van der Waals surface area contributed by atoms with E-state index in [1.54, 1.807) is 0 Å². The largest absolute Gasteiger partial charge is 0.384 e. The first-order valence-electron chi connectivity index (χ1n) is 4.11. The number of nitrogens with two attached hydrogens (primary N) is 1. The van der Waals surface area contributed by atoms with Gasteiger partial charge in [0.2, 0.25) is 0 Å². The predicted octanol–water partition coefficient (Wildman–Crippen LogP) is 2.34. The minimum atomic E-state index is 0.695. The molecule has 0 fully saturated rings. The summed E-state index contributed by atoms with van der Waals surface area (Å²) in [5.41, 5.74) is 9.75. The zero-order valence-electron chi connectivity index (χ0n) is 7.30. The molecule has 1 heterocycles. The van der Waals surface area contributed by atoms with Crippen molar-refractivity contribution in [1.29, 1.82) is 0 Å². The highest BCUT2D eigenvalue weighted by Gasteiger charge is 2.11. The Morgan fingerprint density at radius 3 is 2.36 bits per heavy atom. The quantitative estimate of drug-likeness (QED) is 0.835. The highest BCUT2D eigenvalue weighted by atomic mass is 79.9. The van der Waals surface area contributed by atoms with Crippen LogP contribution in [-0.2, 0) is 0 Å². The summed E-state index contributed by atoms with van der Waals surface area (Å²) in [5.74, 6) is 0.695. The van der Waals surface area contributed by atoms with Gasteiger partial charge in [-0.15, -0.1) is 0 Å². The summed E-state index contributed by atoms with van der Waals surface area (Å²) in [5, 5.41) is 1.98. The first-order chi connectivity index (χ1) is 6.65. The van der Waals surface area contributed by atoms with Gasteiger partial charge in [-0.2, -0.15) is 0 Å². The Morgan fingerprint density at radius 2 is 1.86 bits per heavy atom. The number of anilines is 1. The molecule has 5 heteroatoms. The van der Waals surface area contributed by atoms with Crippen LogP contribution in [0.4, 0.5) is 5.69 Å². The smallest absolute Gasteiger partial charge is 0.113 e. The SMILES string of the molecule is NC1=CCN(c2cc(Br)cc(Br)c2)N1. The molecule has 0 atom stereocenters. The predicted molar refractivity (Wildman–Crippen MR) is 64.6 cm³/mol. The number of nitrogens with zero attached hydrogens (tertiary/aromatic N) is 1. The minimum Gasteiger partial charge on any atom is -0.384 e. The Bertz CT molecular complexity index is 369. The molecule has 1 aromatic rings. The van der Waals surface area contributed by atoms with Crippen LogP contribution in [0.2, 0.25) is 0 Å². The molecule has 1 aromatic carbocycles. The second-order valence-corrected chi connectivity index (χ2v) is 4.84. The molecule has 2 rings (SSSR count). The summed E-state index contributed by atoms with van der Waals surface area (Å²) < 4.78 is 2.07. The van der Waals surface area contributed by atoms with E-state index in [1.807, 2.05) is 29.3 Å². The minimum absolute atomic E-state index is 0.695. The van der Waals surface area contributed by atoms with E-state index in [1.165, 1.54) is 0 Å². The third-order valence-corrected chi connectivity index (χ3v) is 2.83. The first-order valence-corrected chi connectivity index (χ1v) is 5.70. The average molecular weight is 319 g/mol. The maximum Gasteiger partial charge on any atom is 0.113 e. The third-order valence-electron chi connectivity index (χ3n) is 1.92. The van der Waals surface area contributed by atoms with E-state index in [0.717, 1.165) is 21.2 Å². The van der Waals surface area contributed by atoms with Crippen LogP contribution >= 0.6 is 31.9 Å². The summed E-state index contributed by atoms with van der Waals surface area (Å²) in [6.07, 6.45) is 1.94. The molecule has 0 saturated carbocycles. The van der Waals surface area contributed by atoms with Gasteiger partial charge in [-0.25, -0.2) is 0 Å². The lowest BCUT2D eigenvalue weighted by Gasteiger charge is -2.19. The average Bonchev–Trinajstić information content (AvgIpc) is 2.50. The molecule has 74 valence electrons. The second kappa shape index (κ2) is 3.82. The summed E-state index contributed by atoms with van der Waals surface area (Å²) >= 11 is 6.88. The molecule has 0 aliphatic carbocycles. The molecule has 0 saturated heterocycles. The molecule has 14 heavy (non-hydrogen) atoms. The van der Waals surface area contributed by atoms with Crippen LogP contribution in [-0.4, -0.2) is 6.54 Å². The van der Waals surface area contributed by atoms with Crippen LogP contribution in [0, 0.1) is 0 Å². The molecular formula is C9H9Br2N3. The van der Waals surface area contributed by atoms with Gasteiger partial charge in [0.1, 0.15) is 5.82 Å². The summed E-state index contributed by atoms with van der Waals surface area (Å²) in [7, 11) is 0. The number of hydrazine groups is 1. The standard InChI is InChI=1S/C9H9Br2N3/c10-6-3-7(11)5-8(4-6)14-2-1-9(12)13-14/h1,3-5,13H,2,12H2. The maximum atomic E-state index is 5.62. The van der Waals surface area contributed by atoms with E-state index in [-0.39, 0.29) is 0 Å². The maximum absolute atomic E-state index is 5.62. The van der Waals surface area contributed by atoms with Crippen LogP contribution in [0.15, 0.2) is 39.0 Å². The normalized spacial score (nSPS) is 15.3. The fraction of sp³-hybridized carbons (Fsp3) is 0.111. The number of rotatable bonds is 1. The molecule has 0 aromatic heterocycles. The van der Waals surface area contributed by atoms with Gasteiger partial charge in [0.05, 0.1) is 12.2 Å². The lowest BCUT2D eigenvalue weighted by Crippen LogP contribution is -2.33. The monoisotopic (exact) mass is 317 g/mol. The molecule has 1 aliphatic rings. The topological polar surface area (TPSA) is 41.3 Å². The molecule has 0 bridgehead atoms. The summed E-state index contributed by atoms with van der Waals surface area (Å²) in [6, 6.07) is 6.06. The molecular weight excluding hydrogens is 310 g/mol. The molecule has 0 spiro atoms. The Kier molecular flexibility index (Phi) is 2.69.